The second-order valence-electron chi connectivity index (χ2n) is 7.53. The third kappa shape index (κ3) is 6.66. The monoisotopic (exact) mass is 386 g/mol. The lowest BCUT2D eigenvalue weighted by Crippen LogP contribution is -2.40. The molecule has 0 aromatic heterocycles. The van der Waals surface area contributed by atoms with Crippen molar-refractivity contribution in [1.29, 1.82) is 0 Å². The summed E-state index contributed by atoms with van der Waals surface area (Å²) in [6.07, 6.45) is -0.867. The minimum atomic E-state index is -0.842. The van der Waals surface area contributed by atoms with Gasteiger partial charge in [0.05, 0.1) is 17.6 Å². The highest BCUT2D eigenvalue weighted by Crippen LogP contribution is 2.18. The number of carbonyl (C=O) groups is 1. The quantitative estimate of drug-likeness (QED) is 0.571. The average Bonchev–Trinajstić information content (AvgIpc) is 2.64. The Hall–Kier alpha value is -2.93. The van der Waals surface area contributed by atoms with Gasteiger partial charge in [-0.05, 0) is 38.3 Å². The normalized spacial score (nSPS) is 12.3. The first-order chi connectivity index (χ1) is 13.2. The molecular formula is C21H26N2O5. The Bertz CT molecular complexity index is 785. The van der Waals surface area contributed by atoms with Gasteiger partial charge in [0, 0.05) is 18.7 Å². The summed E-state index contributed by atoms with van der Waals surface area (Å²) in [6, 6.07) is 15.3. The number of nitro benzene ring substituents is 1. The molecule has 0 bridgehead atoms. The Morgan fingerprint density at radius 3 is 2.29 bits per heavy atom. The highest BCUT2D eigenvalue weighted by atomic mass is 16.6. The number of hydrogen-bond acceptors (Lipinski definition) is 5. The van der Waals surface area contributed by atoms with Crippen LogP contribution in [0.15, 0.2) is 54.6 Å². The lowest BCUT2D eigenvalue weighted by molar-refractivity contribution is -0.384. The fraction of sp³-hybridized carbons (Fsp3) is 0.381. The van der Waals surface area contributed by atoms with E-state index in [0.29, 0.717) is 18.5 Å². The molecule has 0 fully saturated rings. The van der Waals surface area contributed by atoms with Crippen molar-refractivity contribution < 1.29 is 19.6 Å². The van der Waals surface area contributed by atoms with E-state index in [0.717, 1.165) is 5.56 Å². The lowest BCUT2D eigenvalue weighted by atomic mass is 10.1. The number of aliphatic hydroxyl groups is 1. The zero-order valence-electron chi connectivity index (χ0n) is 16.4. The van der Waals surface area contributed by atoms with E-state index >= 15 is 0 Å². The molecule has 0 spiro atoms. The summed E-state index contributed by atoms with van der Waals surface area (Å²) in [4.78, 5) is 24.4. The standard InChI is InChI=1S/C21H26N2O5/c1-21(2,3)28-20(25)22(15-19(24)17-7-5-4-6-8-17)14-13-16-9-11-18(12-10-16)23(26)27/h4-12,19,24H,13-15H2,1-3H3/t19-/m1/s1. The Balaban J connectivity index is 2.08. The van der Waals surface area contributed by atoms with Gasteiger partial charge in [0.1, 0.15) is 5.60 Å². The molecule has 2 aromatic carbocycles. The lowest BCUT2D eigenvalue weighted by Gasteiger charge is -2.29. The number of benzene rings is 2. The minimum absolute atomic E-state index is 0.0206. The van der Waals surface area contributed by atoms with Crippen LogP contribution < -0.4 is 0 Å². The maximum Gasteiger partial charge on any atom is 0.410 e. The zero-order chi connectivity index (χ0) is 20.7. The van der Waals surface area contributed by atoms with Crippen molar-refractivity contribution >= 4 is 11.8 Å². The third-order valence-electron chi connectivity index (χ3n) is 4.05. The number of nitrogens with zero attached hydrogens (tertiary/aromatic N) is 2. The van der Waals surface area contributed by atoms with E-state index in [1.54, 1.807) is 45.0 Å². The summed E-state index contributed by atoms with van der Waals surface area (Å²) >= 11 is 0. The van der Waals surface area contributed by atoms with Crippen LogP contribution in [0.2, 0.25) is 0 Å². The highest BCUT2D eigenvalue weighted by Gasteiger charge is 2.24. The topological polar surface area (TPSA) is 92.9 Å². The van der Waals surface area contributed by atoms with E-state index in [2.05, 4.69) is 0 Å². The van der Waals surface area contributed by atoms with Gasteiger partial charge in [-0.1, -0.05) is 42.5 Å². The van der Waals surface area contributed by atoms with Crippen LogP contribution in [-0.4, -0.2) is 39.7 Å². The van der Waals surface area contributed by atoms with Gasteiger partial charge < -0.3 is 14.7 Å². The van der Waals surface area contributed by atoms with Gasteiger partial charge in [0.15, 0.2) is 0 Å². The molecule has 1 amide bonds. The van der Waals surface area contributed by atoms with Crippen LogP contribution >= 0.6 is 0 Å². The predicted octanol–water partition coefficient (Wildman–Crippen LogP) is 4.11. The van der Waals surface area contributed by atoms with Crippen LogP contribution in [0.25, 0.3) is 0 Å². The molecule has 2 rings (SSSR count). The van der Waals surface area contributed by atoms with E-state index in [9.17, 15) is 20.0 Å². The summed E-state index contributed by atoms with van der Waals surface area (Å²) in [5.41, 5.74) is 0.937. The van der Waals surface area contributed by atoms with E-state index in [1.165, 1.54) is 17.0 Å². The van der Waals surface area contributed by atoms with Crippen molar-refractivity contribution in [1.82, 2.24) is 4.90 Å². The molecule has 1 atom stereocenters. The van der Waals surface area contributed by atoms with Gasteiger partial charge in [0.25, 0.3) is 5.69 Å². The molecule has 0 saturated carbocycles. The Kier molecular flexibility index (Phi) is 7.12. The largest absolute Gasteiger partial charge is 0.444 e. The van der Waals surface area contributed by atoms with Crippen LogP contribution in [0.1, 0.15) is 38.0 Å². The van der Waals surface area contributed by atoms with Crippen molar-refractivity contribution in [3.8, 4) is 0 Å². The van der Waals surface area contributed by atoms with Crippen molar-refractivity contribution in [3.63, 3.8) is 0 Å². The molecule has 1 N–H and O–H groups in total. The second kappa shape index (κ2) is 9.32. The third-order valence-corrected chi connectivity index (χ3v) is 4.05. The van der Waals surface area contributed by atoms with Crippen molar-refractivity contribution in [2.45, 2.75) is 38.9 Å². The smallest absolute Gasteiger partial charge is 0.410 e. The molecule has 0 aliphatic carbocycles. The molecule has 150 valence electrons. The number of nitro groups is 1. The van der Waals surface area contributed by atoms with E-state index < -0.39 is 22.7 Å². The molecule has 0 radical (unpaired) electrons. The number of amides is 1. The van der Waals surface area contributed by atoms with E-state index in [-0.39, 0.29) is 12.2 Å². The van der Waals surface area contributed by atoms with Crippen LogP contribution in [0.3, 0.4) is 0 Å². The first-order valence-corrected chi connectivity index (χ1v) is 9.10. The van der Waals surface area contributed by atoms with Crippen LogP contribution in [0.5, 0.6) is 0 Å². The molecule has 2 aromatic rings. The van der Waals surface area contributed by atoms with Gasteiger partial charge in [-0.25, -0.2) is 4.79 Å². The number of non-ortho nitro benzene ring substituents is 1. The van der Waals surface area contributed by atoms with Gasteiger partial charge >= 0.3 is 6.09 Å². The molecule has 0 saturated heterocycles. The SMILES string of the molecule is CC(C)(C)OC(=O)N(CCc1ccc([N+](=O)[O-])cc1)C[C@@H](O)c1ccccc1. The number of ether oxygens (including phenoxy) is 1. The fourth-order valence-corrected chi connectivity index (χ4v) is 2.62. The Morgan fingerprint density at radius 2 is 1.75 bits per heavy atom. The highest BCUT2D eigenvalue weighted by molar-refractivity contribution is 5.68. The number of carbonyl (C=O) groups excluding carboxylic acids is 1. The minimum Gasteiger partial charge on any atom is -0.444 e. The fourth-order valence-electron chi connectivity index (χ4n) is 2.62. The number of aliphatic hydroxyl groups excluding tert-OH is 1. The summed E-state index contributed by atoms with van der Waals surface area (Å²) in [5, 5.41) is 21.3. The second-order valence-corrected chi connectivity index (χ2v) is 7.53. The van der Waals surface area contributed by atoms with Crippen molar-refractivity contribution in [2.24, 2.45) is 0 Å². The Morgan fingerprint density at radius 1 is 1.14 bits per heavy atom. The van der Waals surface area contributed by atoms with Gasteiger partial charge in [-0.3, -0.25) is 10.1 Å². The van der Waals surface area contributed by atoms with Crippen LogP contribution in [0.4, 0.5) is 10.5 Å². The van der Waals surface area contributed by atoms with E-state index in [1.807, 2.05) is 18.2 Å². The molecule has 7 heteroatoms. The van der Waals surface area contributed by atoms with Crippen LogP contribution in [0, 0.1) is 10.1 Å². The van der Waals surface area contributed by atoms with Crippen molar-refractivity contribution in [3.05, 3.63) is 75.8 Å². The Labute approximate surface area is 164 Å². The molecule has 0 aliphatic rings. The zero-order valence-corrected chi connectivity index (χ0v) is 16.4. The maximum absolute atomic E-state index is 12.6. The first-order valence-electron chi connectivity index (χ1n) is 9.10. The predicted molar refractivity (Wildman–Crippen MR) is 106 cm³/mol. The van der Waals surface area contributed by atoms with Crippen LogP contribution in [-0.2, 0) is 11.2 Å². The van der Waals surface area contributed by atoms with E-state index in [4.69, 9.17) is 4.74 Å². The summed E-state index contributed by atoms with van der Waals surface area (Å²) in [6.45, 7) is 5.76. The number of rotatable bonds is 7. The van der Waals surface area contributed by atoms with Gasteiger partial charge in [-0.15, -0.1) is 0 Å². The average molecular weight is 386 g/mol. The molecular weight excluding hydrogens is 360 g/mol. The summed E-state index contributed by atoms with van der Waals surface area (Å²) in [7, 11) is 0. The molecule has 0 heterocycles. The first kappa shape index (κ1) is 21.4. The summed E-state index contributed by atoms with van der Waals surface area (Å²) < 4.78 is 5.46. The molecule has 7 nitrogen and oxygen atoms in total. The van der Waals surface area contributed by atoms with Gasteiger partial charge in [-0.2, -0.15) is 0 Å². The van der Waals surface area contributed by atoms with Gasteiger partial charge in [0.2, 0.25) is 0 Å². The molecule has 0 aliphatic heterocycles. The summed E-state index contributed by atoms with van der Waals surface area (Å²) in [5.74, 6) is 0. The molecule has 0 unspecified atom stereocenters. The maximum atomic E-state index is 12.6. The number of hydrogen-bond donors (Lipinski definition) is 1. The van der Waals surface area contributed by atoms with Crippen molar-refractivity contribution in [2.75, 3.05) is 13.1 Å². The molecule has 28 heavy (non-hydrogen) atoms.